The highest BCUT2D eigenvalue weighted by atomic mass is 16.5. The van der Waals surface area contributed by atoms with Crippen molar-refractivity contribution in [1.29, 1.82) is 0 Å². The molecular formula is C12H15N3O2. The molecule has 1 aromatic heterocycles. The van der Waals surface area contributed by atoms with Crippen molar-refractivity contribution in [3.8, 4) is 11.4 Å². The fraction of sp³-hybridized carbons (Fsp3) is 0.250. The Hall–Kier alpha value is -2.17. The summed E-state index contributed by atoms with van der Waals surface area (Å²) >= 11 is 0. The molecule has 0 aliphatic carbocycles. The summed E-state index contributed by atoms with van der Waals surface area (Å²) in [5.41, 5.74) is 1.33. The van der Waals surface area contributed by atoms with Gasteiger partial charge in [0, 0.05) is 25.1 Å². The lowest BCUT2D eigenvalue weighted by Crippen LogP contribution is -2.17. The summed E-state index contributed by atoms with van der Waals surface area (Å²) in [6.45, 7) is 1.72. The SMILES string of the molecule is C.CNC(=O)c1cccc(-c2noc(C)n2)c1. The average molecular weight is 233 g/mol. The van der Waals surface area contributed by atoms with Crippen molar-refractivity contribution in [2.24, 2.45) is 0 Å². The molecule has 1 amide bonds. The first-order valence-corrected chi connectivity index (χ1v) is 4.83. The Morgan fingerprint density at radius 1 is 1.41 bits per heavy atom. The Morgan fingerprint density at radius 3 is 2.76 bits per heavy atom. The molecule has 0 saturated carbocycles. The number of carbonyl (C=O) groups is 1. The lowest BCUT2D eigenvalue weighted by atomic mass is 10.1. The molecule has 1 aromatic carbocycles. The normalized spacial score (nSPS) is 9.53. The summed E-state index contributed by atoms with van der Waals surface area (Å²) in [5.74, 6) is 0.852. The first-order valence-electron chi connectivity index (χ1n) is 4.83. The van der Waals surface area contributed by atoms with Gasteiger partial charge in [0.2, 0.25) is 11.7 Å². The van der Waals surface area contributed by atoms with Crippen LogP contribution >= 0.6 is 0 Å². The minimum atomic E-state index is -0.137. The molecule has 5 heteroatoms. The van der Waals surface area contributed by atoms with Gasteiger partial charge in [0.1, 0.15) is 0 Å². The molecule has 1 N–H and O–H groups in total. The smallest absolute Gasteiger partial charge is 0.251 e. The Bertz CT molecular complexity index is 520. The number of hydrogen-bond donors (Lipinski definition) is 1. The summed E-state index contributed by atoms with van der Waals surface area (Å²) < 4.78 is 4.88. The van der Waals surface area contributed by atoms with E-state index in [2.05, 4.69) is 15.5 Å². The van der Waals surface area contributed by atoms with Crippen LogP contribution in [0.5, 0.6) is 0 Å². The number of nitrogens with one attached hydrogen (secondary N) is 1. The van der Waals surface area contributed by atoms with Crippen molar-refractivity contribution < 1.29 is 9.32 Å². The maximum absolute atomic E-state index is 11.4. The van der Waals surface area contributed by atoms with Crippen molar-refractivity contribution in [1.82, 2.24) is 15.5 Å². The van der Waals surface area contributed by atoms with Crippen LogP contribution in [0.3, 0.4) is 0 Å². The van der Waals surface area contributed by atoms with Gasteiger partial charge in [-0.05, 0) is 12.1 Å². The van der Waals surface area contributed by atoms with E-state index in [4.69, 9.17) is 4.52 Å². The molecule has 1 heterocycles. The molecule has 0 aliphatic rings. The molecule has 0 unspecified atom stereocenters. The second-order valence-corrected chi connectivity index (χ2v) is 3.30. The van der Waals surface area contributed by atoms with Crippen molar-refractivity contribution in [3.63, 3.8) is 0 Å². The van der Waals surface area contributed by atoms with Gasteiger partial charge in [-0.15, -0.1) is 0 Å². The van der Waals surface area contributed by atoms with Gasteiger partial charge in [0.25, 0.3) is 5.91 Å². The first-order chi connectivity index (χ1) is 7.70. The highest BCUT2D eigenvalue weighted by molar-refractivity contribution is 5.95. The number of aromatic nitrogens is 2. The molecule has 17 heavy (non-hydrogen) atoms. The minimum Gasteiger partial charge on any atom is -0.355 e. The predicted octanol–water partition coefficient (Wildman–Crippen LogP) is 2.04. The van der Waals surface area contributed by atoms with E-state index in [1.165, 1.54) is 0 Å². The van der Waals surface area contributed by atoms with Crippen molar-refractivity contribution >= 4 is 5.91 Å². The maximum Gasteiger partial charge on any atom is 0.251 e. The van der Waals surface area contributed by atoms with Crippen molar-refractivity contribution in [3.05, 3.63) is 35.7 Å². The topological polar surface area (TPSA) is 68.0 Å². The quantitative estimate of drug-likeness (QED) is 0.861. The van der Waals surface area contributed by atoms with Gasteiger partial charge in [0.05, 0.1) is 0 Å². The number of rotatable bonds is 2. The summed E-state index contributed by atoms with van der Waals surface area (Å²) in [6.07, 6.45) is 0. The molecule has 2 rings (SSSR count). The lowest BCUT2D eigenvalue weighted by Gasteiger charge is -2.00. The molecule has 0 spiro atoms. The Labute approximate surface area is 99.9 Å². The molecule has 0 radical (unpaired) electrons. The Morgan fingerprint density at radius 2 is 2.18 bits per heavy atom. The average Bonchev–Trinajstić information content (AvgIpc) is 2.75. The van der Waals surface area contributed by atoms with Crippen molar-refractivity contribution in [2.45, 2.75) is 14.4 Å². The zero-order valence-electron chi connectivity index (χ0n) is 9.02. The van der Waals surface area contributed by atoms with Crippen LogP contribution in [-0.2, 0) is 0 Å². The molecule has 5 nitrogen and oxygen atoms in total. The van der Waals surface area contributed by atoms with Gasteiger partial charge in [-0.25, -0.2) is 0 Å². The van der Waals surface area contributed by atoms with E-state index in [0.29, 0.717) is 17.3 Å². The molecule has 90 valence electrons. The highest BCUT2D eigenvalue weighted by Gasteiger charge is 2.08. The number of aryl methyl sites for hydroxylation is 1. The van der Waals surface area contributed by atoms with E-state index in [1.54, 1.807) is 32.2 Å². The van der Waals surface area contributed by atoms with Crippen LogP contribution in [0.4, 0.5) is 0 Å². The van der Waals surface area contributed by atoms with Crippen LogP contribution in [0.1, 0.15) is 23.7 Å². The van der Waals surface area contributed by atoms with Crippen LogP contribution in [-0.4, -0.2) is 23.1 Å². The van der Waals surface area contributed by atoms with Crippen LogP contribution < -0.4 is 5.32 Å². The van der Waals surface area contributed by atoms with Gasteiger partial charge >= 0.3 is 0 Å². The number of amides is 1. The van der Waals surface area contributed by atoms with Gasteiger partial charge in [-0.2, -0.15) is 4.98 Å². The standard InChI is InChI=1S/C11H11N3O2.CH4/c1-7-13-10(14-16-7)8-4-3-5-9(6-8)11(15)12-2;/h3-6H,1-2H3,(H,12,15);1H4. The van der Waals surface area contributed by atoms with E-state index < -0.39 is 0 Å². The van der Waals surface area contributed by atoms with Crippen LogP contribution in [0, 0.1) is 6.92 Å². The molecule has 0 fully saturated rings. The van der Waals surface area contributed by atoms with E-state index in [9.17, 15) is 4.79 Å². The van der Waals surface area contributed by atoms with E-state index >= 15 is 0 Å². The lowest BCUT2D eigenvalue weighted by molar-refractivity contribution is 0.0963. The fourth-order valence-electron chi connectivity index (χ4n) is 1.36. The van der Waals surface area contributed by atoms with E-state index in [0.717, 1.165) is 5.56 Å². The minimum absolute atomic E-state index is 0. The van der Waals surface area contributed by atoms with Crippen LogP contribution in [0.2, 0.25) is 0 Å². The van der Waals surface area contributed by atoms with Crippen LogP contribution in [0.15, 0.2) is 28.8 Å². The number of carbonyl (C=O) groups excluding carboxylic acids is 1. The largest absolute Gasteiger partial charge is 0.355 e. The predicted molar refractivity (Wildman–Crippen MR) is 64.6 cm³/mol. The molecule has 0 aliphatic heterocycles. The Kier molecular flexibility index (Phi) is 3.98. The third kappa shape index (κ3) is 2.69. The molecular weight excluding hydrogens is 218 g/mol. The fourth-order valence-corrected chi connectivity index (χ4v) is 1.36. The number of nitrogens with zero attached hydrogens (tertiary/aromatic N) is 2. The summed E-state index contributed by atoms with van der Waals surface area (Å²) in [6, 6.07) is 7.07. The second kappa shape index (κ2) is 5.25. The van der Waals surface area contributed by atoms with Gasteiger partial charge in [-0.1, -0.05) is 24.7 Å². The highest BCUT2D eigenvalue weighted by Crippen LogP contribution is 2.16. The van der Waals surface area contributed by atoms with Crippen LogP contribution in [0.25, 0.3) is 11.4 Å². The summed E-state index contributed by atoms with van der Waals surface area (Å²) in [5, 5.41) is 6.36. The molecule has 0 atom stereocenters. The van der Waals surface area contributed by atoms with E-state index in [1.807, 2.05) is 6.07 Å². The zero-order chi connectivity index (χ0) is 11.5. The third-order valence-electron chi connectivity index (χ3n) is 2.14. The van der Waals surface area contributed by atoms with Gasteiger partial charge in [0.15, 0.2) is 0 Å². The van der Waals surface area contributed by atoms with E-state index in [-0.39, 0.29) is 13.3 Å². The van der Waals surface area contributed by atoms with Gasteiger partial charge in [-0.3, -0.25) is 4.79 Å². The maximum atomic E-state index is 11.4. The number of hydrogen-bond acceptors (Lipinski definition) is 4. The monoisotopic (exact) mass is 233 g/mol. The van der Waals surface area contributed by atoms with Crippen molar-refractivity contribution in [2.75, 3.05) is 7.05 Å². The Balaban J connectivity index is 0.00000144. The first kappa shape index (κ1) is 12.9. The molecule has 0 saturated heterocycles. The zero-order valence-corrected chi connectivity index (χ0v) is 9.02. The molecule has 0 bridgehead atoms. The summed E-state index contributed by atoms with van der Waals surface area (Å²) in [7, 11) is 1.59. The third-order valence-corrected chi connectivity index (χ3v) is 2.14. The number of benzene rings is 1. The molecule has 2 aromatic rings. The second-order valence-electron chi connectivity index (χ2n) is 3.30. The summed E-state index contributed by atoms with van der Waals surface area (Å²) in [4.78, 5) is 15.5. The van der Waals surface area contributed by atoms with Gasteiger partial charge < -0.3 is 9.84 Å².